The Kier molecular flexibility index (Phi) is 4.30. The predicted molar refractivity (Wildman–Crippen MR) is 117 cm³/mol. The highest BCUT2D eigenvalue weighted by Crippen LogP contribution is 2.43. The number of cyclic esters (lactones) is 1. The molecule has 0 unspecified atom stereocenters. The lowest BCUT2D eigenvalue weighted by molar-refractivity contribution is 0.0718. The molecule has 1 aliphatic rings. The van der Waals surface area contributed by atoms with Crippen LogP contribution in [0.3, 0.4) is 0 Å². The van der Waals surface area contributed by atoms with Crippen LogP contribution in [-0.4, -0.2) is 5.97 Å². The molecule has 0 aliphatic carbocycles. The lowest BCUT2D eigenvalue weighted by atomic mass is 9.89. The summed E-state index contributed by atoms with van der Waals surface area (Å²) in [6.45, 7) is 0. The Morgan fingerprint density at radius 2 is 1.03 bits per heavy atom. The highest BCUT2D eigenvalue weighted by atomic mass is 16.5. The van der Waals surface area contributed by atoms with Crippen molar-refractivity contribution in [2.45, 2.75) is 0 Å². The second-order valence-electron chi connectivity index (χ2n) is 6.95. The summed E-state index contributed by atoms with van der Waals surface area (Å²) < 4.78 is 5.78. The van der Waals surface area contributed by atoms with Crippen LogP contribution in [0.2, 0.25) is 0 Å². The summed E-state index contributed by atoms with van der Waals surface area (Å²) in [5.74, 6) is 0.284. The second kappa shape index (κ2) is 7.25. The smallest absolute Gasteiger partial charge is 0.344 e. The Morgan fingerprint density at radius 3 is 1.59 bits per heavy atom. The number of benzene rings is 4. The largest absolute Gasteiger partial charge is 0.422 e. The molecule has 1 aliphatic heterocycles. The molecule has 4 aromatic carbocycles. The molecule has 2 heteroatoms. The summed E-state index contributed by atoms with van der Waals surface area (Å²) in [4.78, 5) is 13.0. The van der Waals surface area contributed by atoms with Crippen LogP contribution in [-0.2, 0) is 4.74 Å². The van der Waals surface area contributed by atoms with Crippen LogP contribution in [0.4, 0.5) is 0 Å². The molecule has 0 N–H and O–H groups in total. The van der Waals surface area contributed by atoms with Gasteiger partial charge in [-0.3, -0.25) is 0 Å². The summed E-state index contributed by atoms with van der Waals surface area (Å²) in [6.07, 6.45) is 1.94. The van der Waals surface area contributed by atoms with Crippen LogP contribution in [0.1, 0.15) is 21.5 Å². The van der Waals surface area contributed by atoms with Crippen LogP contribution >= 0.6 is 0 Å². The zero-order valence-corrected chi connectivity index (χ0v) is 15.7. The van der Waals surface area contributed by atoms with Crippen molar-refractivity contribution in [3.8, 4) is 22.3 Å². The van der Waals surface area contributed by atoms with Gasteiger partial charge in [-0.25, -0.2) is 4.79 Å². The Bertz CT molecular complexity index is 1210. The van der Waals surface area contributed by atoms with Gasteiger partial charge >= 0.3 is 5.97 Å². The fourth-order valence-corrected chi connectivity index (χ4v) is 3.79. The van der Waals surface area contributed by atoms with Gasteiger partial charge in [-0.05, 0) is 33.9 Å². The van der Waals surface area contributed by atoms with Gasteiger partial charge < -0.3 is 4.74 Å². The van der Waals surface area contributed by atoms with E-state index in [4.69, 9.17) is 4.74 Å². The Labute approximate surface area is 169 Å². The number of ether oxygens (including phenoxy) is 1. The van der Waals surface area contributed by atoms with Crippen LogP contribution in [0.5, 0.6) is 0 Å². The zero-order chi connectivity index (χ0) is 19.6. The van der Waals surface area contributed by atoms with E-state index in [1.54, 1.807) is 0 Å². The van der Waals surface area contributed by atoms with E-state index in [1.165, 1.54) is 0 Å². The average Bonchev–Trinajstić information content (AvgIpc) is 3.11. The van der Waals surface area contributed by atoms with Gasteiger partial charge in [0.05, 0.1) is 5.56 Å². The first kappa shape index (κ1) is 17.2. The molecule has 0 fully saturated rings. The number of hydrogen-bond donors (Lipinski definition) is 0. The van der Waals surface area contributed by atoms with Gasteiger partial charge in [0.25, 0.3) is 0 Å². The maximum Gasteiger partial charge on any atom is 0.344 e. The van der Waals surface area contributed by atoms with E-state index in [0.717, 1.165) is 33.4 Å². The van der Waals surface area contributed by atoms with Crippen LogP contribution < -0.4 is 0 Å². The average molecular weight is 374 g/mol. The molecule has 5 rings (SSSR count). The highest BCUT2D eigenvalue weighted by Gasteiger charge is 2.32. The van der Waals surface area contributed by atoms with E-state index in [1.807, 2.05) is 91.0 Å². The van der Waals surface area contributed by atoms with Crippen molar-refractivity contribution in [3.05, 3.63) is 120 Å². The lowest BCUT2D eigenvalue weighted by Crippen LogP contribution is -1.98. The normalized spacial score (nSPS) is 13.9. The maximum absolute atomic E-state index is 13.0. The molecule has 4 aromatic rings. The number of carbonyl (C=O) groups is 1. The first-order valence-electron chi connectivity index (χ1n) is 9.58. The van der Waals surface area contributed by atoms with Crippen molar-refractivity contribution < 1.29 is 9.53 Å². The van der Waals surface area contributed by atoms with Crippen LogP contribution in [0.15, 0.2) is 103 Å². The summed E-state index contributed by atoms with van der Waals surface area (Å²) in [5.41, 5.74) is 6.41. The monoisotopic (exact) mass is 374 g/mol. The molecule has 0 saturated carbocycles. The van der Waals surface area contributed by atoms with Crippen molar-refractivity contribution in [1.29, 1.82) is 0 Å². The Morgan fingerprint density at radius 1 is 0.552 bits per heavy atom. The highest BCUT2D eigenvalue weighted by molar-refractivity contribution is 6.13. The molecule has 0 amide bonds. The van der Waals surface area contributed by atoms with Crippen LogP contribution in [0.25, 0.3) is 34.1 Å². The van der Waals surface area contributed by atoms with Crippen LogP contribution in [0, 0.1) is 0 Å². The van der Waals surface area contributed by atoms with E-state index in [0.29, 0.717) is 11.3 Å². The fraction of sp³-hybridized carbons (Fsp3) is 0. The van der Waals surface area contributed by atoms with Crippen molar-refractivity contribution in [2.75, 3.05) is 0 Å². The van der Waals surface area contributed by atoms with E-state index in [2.05, 4.69) is 18.2 Å². The molecular formula is C27H18O2. The lowest BCUT2D eigenvalue weighted by Gasteiger charge is -2.12. The van der Waals surface area contributed by atoms with Gasteiger partial charge in [-0.1, -0.05) is 103 Å². The van der Waals surface area contributed by atoms with Crippen molar-refractivity contribution in [1.82, 2.24) is 0 Å². The molecule has 0 saturated heterocycles. The molecule has 2 nitrogen and oxygen atoms in total. The molecule has 0 radical (unpaired) electrons. The molecule has 138 valence electrons. The first-order chi connectivity index (χ1) is 14.3. The SMILES string of the molecule is O=C1OC(=Cc2ccccc2)c2c(-c3ccccc3)ccc(-c3ccccc3)c21. The summed E-state index contributed by atoms with van der Waals surface area (Å²) >= 11 is 0. The number of rotatable bonds is 3. The number of esters is 1. The van der Waals surface area contributed by atoms with Gasteiger partial charge in [-0.2, -0.15) is 0 Å². The molecular weight excluding hydrogens is 356 g/mol. The zero-order valence-electron chi connectivity index (χ0n) is 15.7. The molecule has 29 heavy (non-hydrogen) atoms. The molecule has 0 bridgehead atoms. The van der Waals surface area contributed by atoms with E-state index in [-0.39, 0.29) is 5.97 Å². The maximum atomic E-state index is 13.0. The third kappa shape index (κ3) is 3.15. The van der Waals surface area contributed by atoms with E-state index >= 15 is 0 Å². The van der Waals surface area contributed by atoms with Gasteiger partial charge in [0, 0.05) is 5.56 Å². The summed E-state index contributed by atoms with van der Waals surface area (Å²) in [7, 11) is 0. The number of carbonyl (C=O) groups excluding carboxylic acids is 1. The minimum atomic E-state index is -0.307. The standard InChI is InChI=1S/C27H18O2/c28-27-26-23(21-14-8-3-9-15-21)17-16-22(20-12-6-2-7-13-20)25(26)24(29-27)18-19-10-4-1-5-11-19/h1-18H. The Hall–Kier alpha value is -3.91. The third-order valence-electron chi connectivity index (χ3n) is 5.13. The third-order valence-corrected chi connectivity index (χ3v) is 5.13. The number of hydrogen-bond acceptors (Lipinski definition) is 2. The van der Waals surface area contributed by atoms with Crippen molar-refractivity contribution >= 4 is 17.8 Å². The van der Waals surface area contributed by atoms with Crippen molar-refractivity contribution in [2.24, 2.45) is 0 Å². The topological polar surface area (TPSA) is 26.3 Å². The minimum Gasteiger partial charge on any atom is -0.422 e. The second-order valence-corrected chi connectivity index (χ2v) is 6.95. The molecule has 0 atom stereocenters. The molecule has 0 spiro atoms. The number of fused-ring (bicyclic) bond motifs is 1. The molecule has 0 aromatic heterocycles. The van der Waals surface area contributed by atoms with E-state index in [9.17, 15) is 4.79 Å². The van der Waals surface area contributed by atoms with Gasteiger partial charge in [0.1, 0.15) is 5.76 Å². The Balaban J connectivity index is 1.78. The fourth-order valence-electron chi connectivity index (χ4n) is 3.79. The quantitative estimate of drug-likeness (QED) is 0.373. The van der Waals surface area contributed by atoms with E-state index < -0.39 is 0 Å². The van der Waals surface area contributed by atoms with Gasteiger partial charge in [0.15, 0.2) is 0 Å². The summed E-state index contributed by atoms with van der Waals surface area (Å²) in [6, 6.07) is 34.1. The first-order valence-corrected chi connectivity index (χ1v) is 9.58. The minimum absolute atomic E-state index is 0.307. The van der Waals surface area contributed by atoms with Gasteiger partial charge in [-0.15, -0.1) is 0 Å². The predicted octanol–water partition coefficient (Wildman–Crippen LogP) is 6.69. The summed E-state index contributed by atoms with van der Waals surface area (Å²) in [5, 5.41) is 0. The van der Waals surface area contributed by atoms with Crippen molar-refractivity contribution in [3.63, 3.8) is 0 Å². The molecule has 1 heterocycles. The van der Waals surface area contributed by atoms with Gasteiger partial charge in [0.2, 0.25) is 0 Å².